The van der Waals surface area contributed by atoms with Crippen LogP contribution in [0.3, 0.4) is 0 Å². The minimum absolute atomic E-state index is 0.0395. The summed E-state index contributed by atoms with van der Waals surface area (Å²) < 4.78 is 22.2. The quantitative estimate of drug-likeness (QED) is 0.443. The van der Waals surface area contributed by atoms with Gasteiger partial charge in [0.1, 0.15) is 5.82 Å². The maximum absolute atomic E-state index is 13.5. The molecule has 0 aliphatic carbocycles. The Hall–Kier alpha value is -1.70. The number of fused-ring (bicyclic) bond motifs is 1. The number of thiocarbonyl (C=S) groups is 1. The molecule has 0 N–H and O–H groups in total. The van der Waals surface area contributed by atoms with Crippen molar-refractivity contribution in [2.45, 2.75) is 18.7 Å². The number of aromatic nitrogens is 1. The third kappa shape index (κ3) is 4.68. The van der Waals surface area contributed by atoms with Crippen LogP contribution in [0.5, 0.6) is 0 Å². The summed E-state index contributed by atoms with van der Waals surface area (Å²) in [6, 6.07) is 14.4. The third-order valence-corrected chi connectivity index (χ3v) is 5.86. The second kappa shape index (κ2) is 8.60. The highest BCUT2D eigenvalue weighted by Gasteiger charge is 2.07. The van der Waals surface area contributed by atoms with Crippen LogP contribution in [0.2, 0.25) is 0 Å². The molecule has 0 spiro atoms. The summed E-state index contributed by atoms with van der Waals surface area (Å²) in [6.45, 7) is 1.02. The average Bonchev–Trinajstić information content (AvgIpc) is 2.93. The minimum Gasteiger partial charge on any atom is -0.479 e. The lowest BCUT2D eigenvalue weighted by atomic mass is 10.2. The zero-order chi connectivity index (χ0) is 17.6. The number of ether oxygens (including phenoxy) is 1. The standard InChI is InChI=1S/C18H16FNO2S3/c19-14-7-2-1-6-13(14)12-24-18(23)22-11-5-10-20-15-8-3-4-9-16(15)25-17(20)21/h1-4,6-9H,5,10-12H2. The topological polar surface area (TPSA) is 31.2 Å². The molecule has 130 valence electrons. The summed E-state index contributed by atoms with van der Waals surface area (Å²) in [5, 5.41) is 0. The molecule has 0 saturated carbocycles. The van der Waals surface area contributed by atoms with Crippen LogP contribution in [0.25, 0.3) is 10.2 Å². The average molecular weight is 394 g/mol. The molecule has 2 aromatic carbocycles. The Morgan fingerprint density at radius 2 is 1.96 bits per heavy atom. The highest BCUT2D eigenvalue weighted by Crippen LogP contribution is 2.18. The van der Waals surface area contributed by atoms with E-state index in [-0.39, 0.29) is 10.7 Å². The van der Waals surface area contributed by atoms with Gasteiger partial charge < -0.3 is 4.74 Å². The van der Waals surface area contributed by atoms with Gasteiger partial charge in [0, 0.05) is 12.3 Å². The number of halogens is 1. The molecule has 0 radical (unpaired) electrons. The van der Waals surface area contributed by atoms with Crippen molar-refractivity contribution >= 4 is 49.9 Å². The smallest absolute Gasteiger partial charge is 0.308 e. The van der Waals surface area contributed by atoms with E-state index in [0.717, 1.165) is 10.2 Å². The molecule has 25 heavy (non-hydrogen) atoms. The third-order valence-electron chi connectivity index (χ3n) is 3.62. The van der Waals surface area contributed by atoms with E-state index >= 15 is 0 Å². The number of hydrogen-bond donors (Lipinski definition) is 0. The Morgan fingerprint density at radius 3 is 2.80 bits per heavy atom. The van der Waals surface area contributed by atoms with Crippen molar-refractivity contribution in [3.63, 3.8) is 0 Å². The van der Waals surface area contributed by atoms with Gasteiger partial charge in [-0.25, -0.2) is 4.39 Å². The summed E-state index contributed by atoms with van der Waals surface area (Å²) in [5.74, 6) is 0.210. The van der Waals surface area contributed by atoms with Crippen LogP contribution in [0.4, 0.5) is 4.39 Å². The number of aryl methyl sites for hydroxylation is 1. The van der Waals surface area contributed by atoms with Gasteiger partial charge in [0.2, 0.25) is 4.38 Å². The number of benzene rings is 2. The first-order valence-corrected chi connectivity index (χ1v) is 9.97. The summed E-state index contributed by atoms with van der Waals surface area (Å²) in [5.41, 5.74) is 1.56. The number of hydrogen-bond acceptors (Lipinski definition) is 5. The maximum Gasteiger partial charge on any atom is 0.308 e. The van der Waals surface area contributed by atoms with Crippen LogP contribution in [-0.2, 0) is 17.0 Å². The van der Waals surface area contributed by atoms with Crippen molar-refractivity contribution in [3.05, 3.63) is 69.6 Å². The fourth-order valence-corrected chi connectivity index (χ4v) is 4.25. The van der Waals surface area contributed by atoms with E-state index in [2.05, 4.69) is 0 Å². The van der Waals surface area contributed by atoms with Crippen LogP contribution >= 0.6 is 35.3 Å². The minimum atomic E-state index is -0.235. The first-order chi connectivity index (χ1) is 12.1. The van der Waals surface area contributed by atoms with Crippen molar-refractivity contribution in [3.8, 4) is 0 Å². The van der Waals surface area contributed by atoms with E-state index in [1.54, 1.807) is 22.8 Å². The molecule has 0 amide bonds. The summed E-state index contributed by atoms with van der Waals surface area (Å²) in [6.07, 6.45) is 0.682. The molecule has 0 unspecified atom stereocenters. The van der Waals surface area contributed by atoms with Crippen LogP contribution in [0.1, 0.15) is 12.0 Å². The fourth-order valence-electron chi connectivity index (χ4n) is 2.40. The zero-order valence-corrected chi connectivity index (χ0v) is 15.8. The van der Waals surface area contributed by atoms with Crippen LogP contribution < -0.4 is 4.87 Å². The predicted octanol–water partition coefficient (Wildman–Crippen LogP) is 4.83. The van der Waals surface area contributed by atoms with Gasteiger partial charge in [-0.3, -0.25) is 9.36 Å². The van der Waals surface area contributed by atoms with Crippen LogP contribution in [0.15, 0.2) is 53.3 Å². The van der Waals surface area contributed by atoms with Crippen molar-refractivity contribution in [2.75, 3.05) is 6.61 Å². The number of thiazole rings is 1. The van der Waals surface area contributed by atoms with E-state index in [0.29, 0.717) is 35.3 Å². The largest absolute Gasteiger partial charge is 0.479 e. The number of rotatable bonds is 6. The van der Waals surface area contributed by atoms with Gasteiger partial charge in [0.25, 0.3) is 0 Å². The molecule has 3 aromatic rings. The Kier molecular flexibility index (Phi) is 6.23. The molecule has 3 rings (SSSR count). The molecular formula is C18H16FNO2S3. The van der Waals surface area contributed by atoms with Gasteiger partial charge in [0.05, 0.1) is 16.8 Å². The molecule has 0 fully saturated rings. The first-order valence-electron chi connectivity index (χ1n) is 7.76. The molecule has 0 atom stereocenters. The first kappa shape index (κ1) is 18.1. The summed E-state index contributed by atoms with van der Waals surface area (Å²) in [7, 11) is 0. The van der Waals surface area contributed by atoms with Gasteiger partial charge in [-0.05, 0) is 42.4 Å². The normalized spacial score (nSPS) is 10.9. The molecule has 3 nitrogen and oxygen atoms in total. The molecule has 0 aliphatic heterocycles. The Morgan fingerprint density at radius 1 is 1.20 bits per heavy atom. The molecule has 0 saturated heterocycles. The second-order valence-corrected chi connectivity index (χ2v) is 7.89. The summed E-state index contributed by atoms with van der Waals surface area (Å²) in [4.78, 5) is 12.1. The Labute approximate surface area is 158 Å². The van der Waals surface area contributed by atoms with Crippen LogP contribution in [0, 0.1) is 5.82 Å². The molecule has 1 aromatic heterocycles. The predicted molar refractivity (Wildman–Crippen MR) is 107 cm³/mol. The lowest BCUT2D eigenvalue weighted by Crippen LogP contribution is -2.14. The number of para-hydroxylation sites is 1. The van der Waals surface area contributed by atoms with Gasteiger partial charge in [-0.1, -0.05) is 53.4 Å². The van der Waals surface area contributed by atoms with Gasteiger partial charge in [0.15, 0.2) is 0 Å². The van der Waals surface area contributed by atoms with E-state index in [1.807, 2.05) is 24.3 Å². The second-order valence-electron chi connectivity index (χ2n) is 5.32. The number of nitrogens with zero attached hydrogens (tertiary/aromatic N) is 1. The maximum atomic E-state index is 13.5. The molecule has 7 heteroatoms. The van der Waals surface area contributed by atoms with Gasteiger partial charge in [-0.2, -0.15) is 0 Å². The fraction of sp³-hybridized carbons (Fsp3) is 0.222. The molecule has 0 aliphatic rings. The van der Waals surface area contributed by atoms with E-state index in [9.17, 15) is 9.18 Å². The Bertz CT molecular complexity index is 935. The van der Waals surface area contributed by atoms with E-state index < -0.39 is 0 Å². The summed E-state index contributed by atoms with van der Waals surface area (Å²) >= 11 is 7.72. The lowest BCUT2D eigenvalue weighted by molar-refractivity contribution is 0.305. The highest BCUT2D eigenvalue weighted by atomic mass is 32.2. The van der Waals surface area contributed by atoms with E-state index in [1.165, 1.54) is 29.2 Å². The van der Waals surface area contributed by atoms with Crippen molar-refractivity contribution in [1.82, 2.24) is 4.57 Å². The van der Waals surface area contributed by atoms with Gasteiger partial charge >= 0.3 is 4.87 Å². The SMILES string of the molecule is O=c1sc2ccccc2n1CCCOC(=S)SCc1ccccc1F. The zero-order valence-electron chi connectivity index (χ0n) is 13.3. The molecule has 0 bridgehead atoms. The van der Waals surface area contributed by atoms with Crippen LogP contribution in [-0.4, -0.2) is 15.6 Å². The monoisotopic (exact) mass is 393 g/mol. The Balaban J connectivity index is 1.45. The van der Waals surface area contributed by atoms with E-state index in [4.69, 9.17) is 17.0 Å². The lowest BCUT2D eigenvalue weighted by Gasteiger charge is -2.08. The molecule has 1 heterocycles. The highest BCUT2D eigenvalue weighted by molar-refractivity contribution is 8.22. The van der Waals surface area contributed by atoms with Gasteiger partial charge in [-0.15, -0.1) is 0 Å². The van der Waals surface area contributed by atoms with Crippen molar-refractivity contribution in [1.29, 1.82) is 0 Å². The number of thioether (sulfide) groups is 1. The van der Waals surface area contributed by atoms with Crippen molar-refractivity contribution in [2.24, 2.45) is 0 Å². The molecular weight excluding hydrogens is 377 g/mol. The van der Waals surface area contributed by atoms with Crippen molar-refractivity contribution < 1.29 is 9.13 Å².